The highest BCUT2D eigenvalue weighted by Crippen LogP contribution is 2.38. The number of para-hydroxylation sites is 1. The number of nitrogens with one attached hydrogen (secondary N) is 1. The fourth-order valence-electron chi connectivity index (χ4n) is 3.74. The summed E-state index contributed by atoms with van der Waals surface area (Å²) < 4.78 is 5.50. The molecule has 3 aromatic carbocycles. The van der Waals surface area contributed by atoms with Crippen LogP contribution in [-0.2, 0) is 9.59 Å². The van der Waals surface area contributed by atoms with Gasteiger partial charge in [0, 0.05) is 36.1 Å². The number of methoxy groups -OCH3 is 1. The smallest absolute Gasteiger partial charge is 0.282 e. The van der Waals surface area contributed by atoms with E-state index in [0.29, 0.717) is 27.7 Å². The number of ether oxygens (including phenoxy) is 1. The minimum Gasteiger partial charge on any atom is -0.496 e. The van der Waals surface area contributed by atoms with Crippen molar-refractivity contribution in [1.82, 2.24) is 0 Å². The molecule has 2 amide bonds. The number of aryl methyl sites for hydroxylation is 1. The van der Waals surface area contributed by atoms with Crippen LogP contribution in [0.4, 0.5) is 17.1 Å². The van der Waals surface area contributed by atoms with Crippen molar-refractivity contribution in [2.45, 2.75) is 6.92 Å². The number of rotatable bonds is 6. The van der Waals surface area contributed by atoms with E-state index in [0.717, 1.165) is 11.3 Å². The predicted molar refractivity (Wildman–Crippen MR) is 133 cm³/mol. The molecular weight excluding hydrogens is 438 g/mol. The zero-order valence-corrected chi connectivity index (χ0v) is 19.6. The maximum atomic E-state index is 13.7. The Hall–Kier alpha value is -3.77. The average molecular weight is 462 g/mol. The number of nitrogens with zero attached hydrogens (tertiary/aromatic N) is 2. The van der Waals surface area contributed by atoms with Gasteiger partial charge in [0.15, 0.2) is 0 Å². The minimum absolute atomic E-state index is 0.173. The maximum absolute atomic E-state index is 13.7. The van der Waals surface area contributed by atoms with E-state index >= 15 is 0 Å². The van der Waals surface area contributed by atoms with Crippen molar-refractivity contribution in [2.24, 2.45) is 0 Å². The van der Waals surface area contributed by atoms with Gasteiger partial charge < -0.3 is 15.0 Å². The van der Waals surface area contributed by atoms with Gasteiger partial charge in [-0.3, -0.25) is 9.59 Å². The molecule has 6 nitrogen and oxygen atoms in total. The predicted octanol–water partition coefficient (Wildman–Crippen LogP) is 5.12. The van der Waals surface area contributed by atoms with Crippen LogP contribution in [0.5, 0.6) is 5.75 Å². The molecule has 1 aliphatic rings. The fraction of sp³-hybridized carbons (Fsp3) is 0.154. The minimum atomic E-state index is -0.446. The van der Waals surface area contributed by atoms with E-state index in [1.165, 1.54) is 12.0 Å². The van der Waals surface area contributed by atoms with Crippen molar-refractivity contribution in [3.05, 3.63) is 88.6 Å². The molecule has 1 aliphatic heterocycles. The highest BCUT2D eigenvalue weighted by atomic mass is 35.5. The summed E-state index contributed by atoms with van der Waals surface area (Å²) in [4.78, 5) is 30.4. The Bertz CT molecular complexity index is 1270. The van der Waals surface area contributed by atoms with E-state index in [4.69, 9.17) is 16.3 Å². The second-order valence-corrected chi connectivity index (χ2v) is 8.33. The third-order valence-corrected chi connectivity index (χ3v) is 5.78. The molecular formula is C26H24ClN3O3. The first-order chi connectivity index (χ1) is 15.8. The molecule has 0 saturated carbocycles. The van der Waals surface area contributed by atoms with Crippen LogP contribution in [-0.4, -0.2) is 33.0 Å². The molecule has 4 rings (SSSR count). The third-order valence-electron chi connectivity index (χ3n) is 5.54. The maximum Gasteiger partial charge on any atom is 0.282 e. The van der Waals surface area contributed by atoms with Gasteiger partial charge in [-0.05, 0) is 55.0 Å². The zero-order chi connectivity index (χ0) is 23.7. The summed E-state index contributed by atoms with van der Waals surface area (Å²) in [6, 6.07) is 19.8. The van der Waals surface area contributed by atoms with Gasteiger partial charge in [-0.15, -0.1) is 0 Å². The molecule has 0 fully saturated rings. The van der Waals surface area contributed by atoms with Crippen LogP contribution in [0.2, 0.25) is 5.02 Å². The summed E-state index contributed by atoms with van der Waals surface area (Å²) in [6.07, 6.45) is 0. The largest absolute Gasteiger partial charge is 0.496 e. The number of anilines is 3. The number of hydrogen-bond donors (Lipinski definition) is 1. The molecule has 0 aliphatic carbocycles. The Balaban J connectivity index is 1.85. The summed E-state index contributed by atoms with van der Waals surface area (Å²) in [5.41, 5.74) is 3.94. The number of benzene rings is 3. The molecule has 3 aromatic rings. The average Bonchev–Trinajstić information content (AvgIpc) is 3.05. The normalized spacial score (nSPS) is 13.5. The van der Waals surface area contributed by atoms with Crippen molar-refractivity contribution >= 4 is 46.1 Å². The molecule has 33 heavy (non-hydrogen) atoms. The molecule has 0 saturated heterocycles. The van der Waals surface area contributed by atoms with E-state index in [1.807, 2.05) is 50.2 Å². The lowest BCUT2D eigenvalue weighted by atomic mass is 10.0. The summed E-state index contributed by atoms with van der Waals surface area (Å²) in [6.45, 7) is 1.90. The van der Waals surface area contributed by atoms with Crippen LogP contribution in [0.3, 0.4) is 0 Å². The Kier molecular flexibility index (Phi) is 6.11. The Labute approximate surface area is 198 Å². The number of hydrogen-bond acceptors (Lipinski definition) is 5. The van der Waals surface area contributed by atoms with Crippen LogP contribution < -0.4 is 19.9 Å². The molecule has 0 aromatic heterocycles. The van der Waals surface area contributed by atoms with Gasteiger partial charge in [0.2, 0.25) is 0 Å². The summed E-state index contributed by atoms with van der Waals surface area (Å²) in [5.74, 6) is -0.372. The number of carbonyl (C=O) groups excluding carboxylic acids is 2. The highest BCUT2D eigenvalue weighted by Gasteiger charge is 2.41. The standard InChI is InChI=1S/C26H24ClN3O3/c1-16-9-10-17(27)15-21(16)28-24-23(20-7-5-6-8-22(20)33-4)25(31)30(26(24)32)19-13-11-18(12-14-19)29(2)3/h5-15,28H,1-4H3. The first-order valence-corrected chi connectivity index (χ1v) is 10.8. The second-order valence-electron chi connectivity index (χ2n) is 7.89. The number of carbonyl (C=O) groups is 2. The second kappa shape index (κ2) is 9.00. The zero-order valence-electron chi connectivity index (χ0n) is 18.8. The van der Waals surface area contributed by atoms with Crippen LogP contribution in [0.15, 0.2) is 72.4 Å². The van der Waals surface area contributed by atoms with Crippen molar-refractivity contribution in [1.29, 1.82) is 0 Å². The molecule has 0 radical (unpaired) electrons. The lowest BCUT2D eigenvalue weighted by Crippen LogP contribution is -2.32. The van der Waals surface area contributed by atoms with E-state index in [2.05, 4.69) is 5.32 Å². The first kappa shape index (κ1) is 22.4. The van der Waals surface area contributed by atoms with Crippen molar-refractivity contribution < 1.29 is 14.3 Å². The number of amides is 2. The highest BCUT2D eigenvalue weighted by molar-refractivity contribution is 6.46. The van der Waals surface area contributed by atoms with Crippen molar-refractivity contribution in [3.63, 3.8) is 0 Å². The van der Waals surface area contributed by atoms with Crippen LogP contribution in [0.1, 0.15) is 11.1 Å². The van der Waals surface area contributed by atoms with Gasteiger partial charge in [0.05, 0.1) is 18.4 Å². The number of halogens is 1. The summed E-state index contributed by atoms with van der Waals surface area (Å²) in [5, 5.41) is 3.70. The van der Waals surface area contributed by atoms with Crippen LogP contribution in [0, 0.1) is 6.92 Å². The fourth-order valence-corrected chi connectivity index (χ4v) is 3.92. The lowest BCUT2D eigenvalue weighted by Gasteiger charge is -2.18. The SMILES string of the molecule is COc1ccccc1C1=C(Nc2cc(Cl)ccc2C)C(=O)N(c2ccc(N(C)C)cc2)C1=O. The molecule has 7 heteroatoms. The van der Waals surface area contributed by atoms with Gasteiger partial charge in [-0.25, -0.2) is 4.90 Å². The van der Waals surface area contributed by atoms with Crippen LogP contribution >= 0.6 is 11.6 Å². The van der Waals surface area contributed by atoms with Crippen LogP contribution in [0.25, 0.3) is 5.57 Å². The van der Waals surface area contributed by atoms with Gasteiger partial charge in [0.1, 0.15) is 11.4 Å². The van der Waals surface area contributed by atoms with E-state index < -0.39 is 11.8 Å². The summed E-state index contributed by atoms with van der Waals surface area (Å²) in [7, 11) is 5.39. The molecule has 0 bridgehead atoms. The monoisotopic (exact) mass is 461 g/mol. The Morgan fingerprint density at radius 1 is 0.939 bits per heavy atom. The quantitative estimate of drug-likeness (QED) is 0.516. The first-order valence-electron chi connectivity index (χ1n) is 10.4. The van der Waals surface area contributed by atoms with Crippen molar-refractivity contribution in [2.75, 3.05) is 36.3 Å². The van der Waals surface area contributed by atoms with Crippen molar-refractivity contribution in [3.8, 4) is 5.75 Å². The van der Waals surface area contributed by atoms with Gasteiger partial charge in [-0.1, -0.05) is 35.9 Å². The molecule has 0 spiro atoms. The lowest BCUT2D eigenvalue weighted by molar-refractivity contribution is -0.120. The molecule has 0 atom stereocenters. The topological polar surface area (TPSA) is 61.9 Å². The molecule has 0 unspecified atom stereocenters. The van der Waals surface area contributed by atoms with Gasteiger partial charge in [0.25, 0.3) is 11.8 Å². The third kappa shape index (κ3) is 4.17. The van der Waals surface area contributed by atoms with E-state index in [1.54, 1.807) is 42.5 Å². The number of imide groups is 1. The summed E-state index contributed by atoms with van der Waals surface area (Å²) >= 11 is 6.19. The van der Waals surface area contributed by atoms with E-state index in [9.17, 15) is 9.59 Å². The Morgan fingerprint density at radius 2 is 1.64 bits per heavy atom. The van der Waals surface area contributed by atoms with Gasteiger partial charge >= 0.3 is 0 Å². The Morgan fingerprint density at radius 3 is 2.30 bits per heavy atom. The molecule has 1 heterocycles. The molecule has 1 N–H and O–H groups in total. The van der Waals surface area contributed by atoms with Gasteiger partial charge in [-0.2, -0.15) is 0 Å². The van der Waals surface area contributed by atoms with E-state index in [-0.39, 0.29) is 11.3 Å². The molecule has 168 valence electrons.